The third-order valence-corrected chi connectivity index (χ3v) is 5.49. The van der Waals surface area contributed by atoms with E-state index in [9.17, 15) is 0 Å². The molecular formula is C19H21P3. The molecule has 0 aliphatic heterocycles. The molecule has 3 aromatic carbocycles. The fraction of sp³-hybridized carbons (Fsp3) is 0.158. The van der Waals surface area contributed by atoms with Crippen LogP contribution in [0.5, 0.6) is 0 Å². The molecule has 0 spiro atoms. The normalized spacial score (nSPS) is 11.0. The summed E-state index contributed by atoms with van der Waals surface area (Å²) in [5.41, 5.74) is 6.80. The second-order valence-corrected chi connectivity index (χ2v) is 6.68. The van der Waals surface area contributed by atoms with Gasteiger partial charge in [0.15, 0.2) is 0 Å². The van der Waals surface area contributed by atoms with E-state index in [2.05, 4.69) is 82.3 Å². The highest BCUT2D eigenvalue weighted by Crippen LogP contribution is 2.32. The first-order chi connectivity index (χ1) is 10.8. The molecule has 0 bridgehead atoms. The third-order valence-electron chi connectivity index (χ3n) is 4.14. The maximum absolute atomic E-state index is 2.85. The number of hydrogen-bond acceptors (Lipinski definition) is 0. The van der Waals surface area contributed by atoms with Crippen LogP contribution in [0.2, 0.25) is 0 Å². The molecule has 0 N–H and O–H groups in total. The van der Waals surface area contributed by atoms with Gasteiger partial charge < -0.3 is 0 Å². The van der Waals surface area contributed by atoms with E-state index < -0.39 is 0 Å². The van der Waals surface area contributed by atoms with Crippen LogP contribution in [0, 0.1) is 0 Å². The fourth-order valence-electron chi connectivity index (χ4n) is 2.87. The van der Waals surface area contributed by atoms with Crippen molar-refractivity contribution < 1.29 is 0 Å². The van der Waals surface area contributed by atoms with Crippen LogP contribution in [0.25, 0.3) is 21.9 Å². The molecule has 0 saturated carbocycles. The van der Waals surface area contributed by atoms with E-state index >= 15 is 0 Å². The van der Waals surface area contributed by atoms with Gasteiger partial charge in [0.05, 0.1) is 0 Å². The molecule has 0 radical (unpaired) electrons. The highest BCUT2D eigenvalue weighted by atomic mass is 31.0. The zero-order chi connectivity index (χ0) is 15.5. The van der Waals surface area contributed by atoms with E-state index in [0.717, 1.165) is 18.5 Å². The van der Waals surface area contributed by atoms with Gasteiger partial charge in [-0.3, -0.25) is 0 Å². The summed E-state index contributed by atoms with van der Waals surface area (Å²) < 4.78 is 0. The average molecular weight is 342 g/mol. The molecule has 3 aromatic rings. The molecule has 22 heavy (non-hydrogen) atoms. The summed E-state index contributed by atoms with van der Waals surface area (Å²) in [4.78, 5) is 0. The molecule has 0 amide bonds. The van der Waals surface area contributed by atoms with Gasteiger partial charge in [0.25, 0.3) is 0 Å². The Morgan fingerprint density at radius 3 is 2.00 bits per heavy atom. The lowest BCUT2D eigenvalue weighted by molar-refractivity contribution is 1.30. The molecular weight excluding hydrogens is 321 g/mol. The van der Waals surface area contributed by atoms with Gasteiger partial charge >= 0.3 is 0 Å². The molecule has 0 fully saturated rings. The molecule has 0 saturated heterocycles. The molecule has 0 nitrogen and oxygen atoms in total. The summed E-state index contributed by atoms with van der Waals surface area (Å²) in [7, 11) is 8.47. The standard InChI is InChI=1S/C19H21P3/c20-10-13-4-6-14(7-5-13)18-3-1-2-15-8-16(11-21)17(12-22)9-19(15)18/h1-9H,10-12,20-22H2. The Kier molecular flexibility index (Phi) is 5.25. The molecule has 0 aromatic heterocycles. The lowest BCUT2D eigenvalue weighted by atomic mass is 9.94. The Bertz CT molecular complexity index is 792. The number of hydrogen-bond donors (Lipinski definition) is 0. The maximum atomic E-state index is 2.85. The van der Waals surface area contributed by atoms with Crippen molar-refractivity contribution in [2.75, 3.05) is 0 Å². The van der Waals surface area contributed by atoms with Crippen LogP contribution in [0.1, 0.15) is 16.7 Å². The Labute approximate surface area is 139 Å². The van der Waals surface area contributed by atoms with Gasteiger partial charge in [-0.05, 0) is 63.1 Å². The number of rotatable bonds is 4. The van der Waals surface area contributed by atoms with Gasteiger partial charge in [-0.25, -0.2) is 0 Å². The minimum atomic E-state index is 1.00. The van der Waals surface area contributed by atoms with Crippen molar-refractivity contribution in [2.24, 2.45) is 0 Å². The zero-order valence-corrected chi connectivity index (χ0v) is 16.0. The molecule has 3 rings (SSSR count). The first-order valence-electron chi connectivity index (χ1n) is 7.51. The lowest BCUT2D eigenvalue weighted by Gasteiger charge is -2.12. The van der Waals surface area contributed by atoms with Gasteiger partial charge in [-0.2, -0.15) is 0 Å². The minimum Gasteiger partial charge on any atom is -0.133 e. The highest BCUT2D eigenvalue weighted by Gasteiger charge is 2.07. The zero-order valence-electron chi connectivity index (χ0n) is 12.5. The van der Waals surface area contributed by atoms with Gasteiger partial charge in [-0.1, -0.05) is 48.5 Å². The third kappa shape index (κ3) is 3.12. The summed E-state index contributed by atoms with van der Waals surface area (Å²) in [6, 6.07) is 20.2. The van der Waals surface area contributed by atoms with Crippen molar-refractivity contribution in [1.29, 1.82) is 0 Å². The van der Waals surface area contributed by atoms with E-state index in [0.29, 0.717) is 0 Å². The van der Waals surface area contributed by atoms with Crippen LogP contribution >= 0.6 is 27.7 Å². The van der Waals surface area contributed by atoms with E-state index in [-0.39, 0.29) is 0 Å². The first kappa shape index (κ1) is 16.1. The summed E-state index contributed by atoms with van der Waals surface area (Å²) in [5, 5.41) is 2.67. The van der Waals surface area contributed by atoms with Crippen molar-refractivity contribution in [3.63, 3.8) is 0 Å². The van der Waals surface area contributed by atoms with Gasteiger partial charge in [-0.15, -0.1) is 27.7 Å². The summed E-state index contributed by atoms with van der Waals surface area (Å²) >= 11 is 0. The fourth-order valence-corrected chi connectivity index (χ4v) is 3.90. The SMILES string of the molecule is PCc1ccc(-c2cccc3cc(CP)c(CP)cc23)cc1. The van der Waals surface area contributed by atoms with E-state index in [1.807, 2.05) is 0 Å². The predicted molar refractivity (Wildman–Crippen MR) is 110 cm³/mol. The summed E-state index contributed by atoms with van der Waals surface area (Å²) in [6.45, 7) is 0. The Hall–Kier alpha value is -0.790. The molecule has 3 atom stereocenters. The van der Waals surface area contributed by atoms with Gasteiger partial charge in [0.2, 0.25) is 0 Å². The maximum Gasteiger partial charge on any atom is -0.0102 e. The second-order valence-electron chi connectivity index (χ2n) is 5.46. The van der Waals surface area contributed by atoms with Crippen molar-refractivity contribution in [3.8, 4) is 11.1 Å². The topological polar surface area (TPSA) is 0 Å². The van der Waals surface area contributed by atoms with Crippen LogP contribution < -0.4 is 0 Å². The molecule has 3 heteroatoms. The van der Waals surface area contributed by atoms with Gasteiger partial charge in [0, 0.05) is 0 Å². The monoisotopic (exact) mass is 342 g/mol. The quantitative estimate of drug-likeness (QED) is 0.539. The summed E-state index contributed by atoms with van der Waals surface area (Å²) in [6.07, 6.45) is 3.01. The van der Waals surface area contributed by atoms with Crippen LogP contribution in [-0.4, -0.2) is 0 Å². The molecule has 0 heterocycles. The van der Waals surface area contributed by atoms with E-state index in [1.54, 1.807) is 0 Å². The largest absolute Gasteiger partial charge is 0.133 e. The Balaban J connectivity index is 2.20. The van der Waals surface area contributed by atoms with Crippen molar-refractivity contribution in [3.05, 3.63) is 71.3 Å². The van der Waals surface area contributed by atoms with Crippen LogP contribution in [0.15, 0.2) is 54.6 Å². The Morgan fingerprint density at radius 2 is 1.36 bits per heavy atom. The van der Waals surface area contributed by atoms with Crippen molar-refractivity contribution in [1.82, 2.24) is 0 Å². The summed E-state index contributed by atoms with van der Waals surface area (Å²) in [5.74, 6) is 0. The molecule has 112 valence electrons. The molecule has 0 aliphatic rings. The van der Waals surface area contributed by atoms with Crippen LogP contribution in [-0.2, 0) is 18.5 Å². The Morgan fingerprint density at radius 1 is 0.682 bits per heavy atom. The van der Waals surface area contributed by atoms with Crippen molar-refractivity contribution in [2.45, 2.75) is 18.5 Å². The molecule has 0 aliphatic carbocycles. The van der Waals surface area contributed by atoms with E-state index in [4.69, 9.17) is 0 Å². The van der Waals surface area contributed by atoms with Crippen LogP contribution in [0.3, 0.4) is 0 Å². The van der Waals surface area contributed by atoms with E-state index in [1.165, 1.54) is 38.6 Å². The smallest absolute Gasteiger partial charge is 0.0102 e. The number of benzene rings is 3. The lowest BCUT2D eigenvalue weighted by Crippen LogP contribution is -1.90. The number of fused-ring (bicyclic) bond motifs is 1. The van der Waals surface area contributed by atoms with Gasteiger partial charge in [0.1, 0.15) is 0 Å². The highest BCUT2D eigenvalue weighted by molar-refractivity contribution is 7.16. The second kappa shape index (κ2) is 7.19. The molecule has 3 unspecified atom stereocenters. The predicted octanol–water partition coefficient (Wildman–Crippen LogP) is 5.63. The first-order valence-corrected chi connectivity index (χ1v) is 9.95. The average Bonchev–Trinajstić information content (AvgIpc) is 2.60. The minimum absolute atomic E-state index is 1.00. The van der Waals surface area contributed by atoms with Crippen molar-refractivity contribution >= 4 is 38.5 Å². The van der Waals surface area contributed by atoms with Crippen LogP contribution in [0.4, 0.5) is 0 Å².